The molecule has 0 unspecified atom stereocenters. The van der Waals surface area contributed by atoms with Crippen molar-refractivity contribution in [1.29, 1.82) is 0 Å². The second kappa shape index (κ2) is 9.32. The van der Waals surface area contributed by atoms with Crippen LogP contribution in [0.3, 0.4) is 0 Å². The molecular weight excluding hydrogens is 356 g/mol. The molecule has 0 bridgehead atoms. The predicted octanol–water partition coefficient (Wildman–Crippen LogP) is 4.55. The summed E-state index contributed by atoms with van der Waals surface area (Å²) in [5, 5.41) is 5.90. The van der Waals surface area contributed by atoms with Crippen molar-refractivity contribution in [1.82, 2.24) is 0 Å². The maximum Gasteiger partial charge on any atom is 0.243 e. The molecule has 0 aromatic heterocycles. The molecule has 6 nitrogen and oxygen atoms in total. The zero-order valence-electron chi connectivity index (χ0n) is 15.8. The summed E-state index contributed by atoms with van der Waals surface area (Å²) in [5.41, 5.74) is 1.40. The number of para-hydroxylation sites is 1. The number of carbonyl (C=O) groups excluding carboxylic acids is 1. The molecular formula is C22H22N2O4. The Kier molecular flexibility index (Phi) is 6.36. The van der Waals surface area contributed by atoms with E-state index in [9.17, 15) is 4.79 Å². The fraction of sp³-hybridized carbons (Fsp3) is 0.136. The third kappa shape index (κ3) is 5.17. The van der Waals surface area contributed by atoms with Crippen molar-refractivity contribution in [2.45, 2.75) is 0 Å². The van der Waals surface area contributed by atoms with Crippen molar-refractivity contribution < 1.29 is 19.0 Å². The van der Waals surface area contributed by atoms with Crippen LogP contribution < -0.4 is 24.8 Å². The van der Waals surface area contributed by atoms with Gasteiger partial charge in [-0.25, -0.2) is 0 Å². The molecule has 0 aliphatic heterocycles. The summed E-state index contributed by atoms with van der Waals surface area (Å²) in [4.78, 5) is 12.2. The van der Waals surface area contributed by atoms with Gasteiger partial charge in [0.05, 0.1) is 26.5 Å². The number of anilines is 2. The SMILES string of the molecule is COc1ccc(NCC(=O)Nc2ccc(Oc3ccccc3)cc2)c(OC)c1. The smallest absolute Gasteiger partial charge is 0.243 e. The fourth-order valence-corrected chi connectivity index (χ4v) is 2.56. The lowest BCUT2D eigenvalue weighted by atomic mass is 10.2. The van der Waals surface area contributed by atoms with Gasteiger partial charge in [0, 0.05) is 11.8 Å². The van der Waals surface area contributed by atoms with E-state index < -0.39 is 0 Å². The van der Waals surface area contributed by atoms with Crippen molar-refractivity contribution in [2.24, 2.45) is 0 Å². The average Bonchev–Trinajstić information content (AvgIpc) is 2.74. The predicted molar refractivity (Wildman–Crippen MR) is 110 cm³/mol. The highest BCUT2D eigenvalue weighted by molar-refractivity contribution is 5.94. The molecule has 0 saturated heterocycles. The van der Waals surface area contributed by atoms with Crippen LogP contribution in [0.15, 0.2) is 72.8 Å². The van der Waals surface area contributed by atoms with Gasteiger partial charge in [0.15, 0.2) is 0 Å². The van der Waals surface area contributed by atoms with Crippen LogP contribution in [0.4, 0.5) is 11.4 Å². The zero-order valence-corrected chi connectivity index (χ0v) is 15.8. The van der Waals surface area contributed by atoms with E-state index in [1.54, 1.807) is 44.6 Å². The van der Waals surface area contributed by atoms with Crippen molar-refractivity contribution >= 4 is 17.3 Å². The molecule has 0 aliphatic carbocycles. The van der Waals surface area contributed by atoms with Crippen molar-refractivity contribution in [3.8, 4) is 23.0 Å². The van der Waals surface area contributed by atoms with Gasteiger partial charge in [-0.05, 0) is 48.5 Å². The number of carbonyl (C=O) groups is 1. The highest BCUT2D eigenvalue weighted by Crippen LogP contribution is 2.29. The van der Waals surface area contributed by atoms with E-state index in [1.165, 1.54) is 0 Å². The molecule has 0 spiro atoms. The summed E-state index contributed by atoms with van der Waals surface area (Å²) in [6.45, 7) is 0.102. The third-order valence-corrected chi connectivity index (χ3v) is 3.97. The zero-order chi connectivity index (χ0) is 19.8. The molecule has 3 aromatic carbocycles. The second-order valence-corrected chi connectivity index (χ2v) is 5.91. The van der Waals surface area contributed by atoms with Crippen molar-refractivity contribution in [3.05, 3.63) is 72.8 Å². The van der Waals surface area contributed by atoms with E-state index in [2.05, 4.69) is 10.6 Å². The maximum absolute atomic E-state index is 12.2. The molecule has 3 aromatic rings. The molecule has 28 heavy (non-hydrogen) atoms. The van der Waals surface area contributed by atoms with E-state index in [0.717, 1.165) is 5.75 Å². The van der Waals surface area contributed by atoms with Crippen LogP contribution in [0, 0.1) is 0 Å². The molecule has 0 fully saturated rings. The minimum absolute atomic E-state index is 0.102. The highest BCUT2D eigenvalue weighted by atomic mass is 16.5. The van der Waals surface area contributed by atoms with Gasteiger partial charge in [0.2, 0.25) is 5.91 Å². The Labute approximate surface area is 164 Å². The number of amides is 1. The Balaban J connectivity index is 1.53. The first-order valence-electron chi connectivity index (χ1n) is 8.76. The Hall–Kier alpha value is -3.67. The number of ether oxygens (including phenoxy) is 3. The van der Waals surface area contributed by atoms with Crippen LogP contribution in [-0.2, 0) is 4.79 Å². The lowest BCUT2D eigenvalue weighted by molar-refractivity contribution is -0.114. The molecule has 0 atom stereocenters. The molecule has 3 rings (SSSR count). The number of hydrogen-bond donors (Lipinski definition) is 2. The summed E-state index contributed by atoms with van der Waals surface area (Å²) in [5.74, 6) is 2.58. The maximum atomic E-state index is 12.2. The molecule has 6 heteroatoms. The van der Waals surface area contributed by atoms with Gasteiger partial charge in [-0.1, -0.05) is 18.2 Å². The van der Waals surface area contributed by atoms with Gasteiger partial charge in [-0.2, -0.15) is 0 Å². The number of rotatable bonds is 8. The molecule has 2 N–H and O–H groups in total. The second-order valence-electron chi connectivity index (χ2n) is 5.91. The number of benzene rings is 3. The summed E-state index contributed by atoms with van der Waals surface area (Å²) < 4.78 is 16.2. The van der Waals surface area contributed by atoms with E-state index in [-0.39, 0.29) is 12.5 Å². The number of nitrogens with one attached hydrogen (secondary N) is 2. The van der Waals surface area contributed by atoms with Crippen LogP contribution in [0.2, 0.25) is 0 Å². The van der Waals surface area contributed by atoms with Crippen LogP contribution in [0.25, 0.3) is 0 Å². The standard InChI is InChI=1S/C22H22N2O4/c1-26-19-12-13-20(21(14-19)27-2)23-15-22(25)24-16-8-10-18(11-9-16)28-17-6-4-3-5-7-17/h3-14,23H,15H2,1-2H3,(H,24,25). The van der Waals surface area contributed by atoms with Gasteiger partial charge >= 0.3 is 0 Å². The first-order valence-corrected chi connectivity index (χ1v) is 8.76. The summed E-state index contributed by atoms with van der Waals surface area (Å²) in [6.07, 6.45) is 0. The van der Waals surface area contributed by atoms with Gasteiger partial charge in [-0.15, -0.1) is 0 Å². The Morgan fingerprint density at radius 3 is 2.18 bits per heavy atom. The quantitative estimate of drug-likeness (QED) is 0.602. The Bertz CT molecular complexity index is 912. The summed E-state index contributed by atoms with van der Waals surface area (Å²) in [7, 11) is 3.16. The molecule has 1 amide bonds. The van der Waals surface area contributed by atoms with E-state index >= 15 is 0 Å². The lowest BCUT2D eigenvalue weighted by Crippen LogP contribution is -2.21. The molecule has 0 radical (unpaired) electrons. The largest absolute Gasteiger partial charge is 0.497 e. The fourth-order valence-electron chi connectivity index (χ4n) is 2.56. The third-order valence-electron chi connectivity index (χ3n) is 3.97. The van der Waals surface area contributed by atoms with E-state index in [0.29, 0.717) is 28.6 Å². The minimum Gasteiger partial charge on any atom is -0.497 e. The van der Waals surface area contributed by atoms with Gasteiger partial charge in [0.25, 0.3) is 0 Å². The Morgan fingerprint density at radius 2 is 1.50 bits per heavy atom. The average molecular weight is 378 g/mol. The van der Waals surface area contributed by atoms with Crippen molar-refractivity contribution in [2.75, 3.05) is 31.4 Å². The van der Waals surface area contributed by atoms with E-state index in [1.807, 2.05) is 42.5 Å². The van der Waals surface area contributed by atoms with Crippen LogP contribution >= 0.6 is 0 Å². The van der Waals surface area contributed by atoms with Crippen LogP contribution in [-0.4, -0.2) is 26.7 Å². The Morgan fingerprint density at radius 1 is 0.821 bits per heavy atom. The van der Waals surface area contributed by atoms with E-state index in [4.69, 9.17) is 14.2 Å². The molecule has 144 valence electrons. The lowest BCUT2D eigenvalue weighted by Gasteiger charge is -2.13. The first-order chi connectivity index (χ1) is 13.7. The first kappa shape index (κ1) is 19.1. The summed E-state index contributed by atoms with van der Waals surface area (Å²) in [6, 6.07) is 22.1. The summed E-state index contributed by atoms with van der Waals surface area (Å²) >= 11 is 0. The normalized spacial score (nSPS) is 10.1. The van der Waals surface area contributed by atoms with Crippen LogP contribution in [0.5, 0.6) is 23.0 Å². The topological polar surface area (TPSA) is 68.8 Å². The monoisotopic (exact) mass is 378 g/mol. The molecule has 0 aliphatic rings. The van der Waals surface area contributed by atoms with Crippen LogP contribution in [0.1, 0.15) is 0 Å². The van der Waals surface area contributed by atoms with Gasteiger partial charge < -0.3 is 24.8 Å². The number of methoxy groups -OCH3 is 2. The minimum atomic E-state index is -0.172. The molecule has 0 heterocycles. The number of hydrogen-bond acceptors (Lipinski definition) is 5. The molecule has 0 saturated carbocycles. The highest BCUT2D eigenvalue weighted by Gasteiger charge is 2.08. The van der Waals surface area contributed by atoms with Gasteiger partial charge in [-0.3, -0.25) is 4.79 Å². The van der Waals surface area contributed by atoms with Crippen molar-refractivity contribution in [3.63, 3.8) is 0 Å². The van der Waals surface area contributed by atoms with Gasteiger partial charge in [0.1, 0.15) is 23.0 Å².